The number of benzene rings is 1. The van der Waals surface area contributed by atoms with Crippen molar-refractivity contribution in [3.63, 3.8) is 0 Å². The number of rotatable bonds is 5. The summed E-state index contributed by atoms with van der Waals surface area (Å²) < 4.78 is 11.3. The molecule has 4 nitrogen and oxygen atoms in total. The van der Waals surface area contributed by atoms with Crippen molar-refractivity contribution in [2.75, 3.05) is 34.9 Å². The third kappa shape index (κ3) is 2.73. The van der Waals surface area contributed by atoms with Gasteiger partial charge in [-0.05, 0) is 51.0 Å². The van der Waals surface area contributed by atoms with E-state index in [0.717, 1.165) is 42.0 Å². The van der Waals surface area contributed by atoms with Crippen molar-refractivity contribution in [1.29, 1.82) is 0 Å². The molecule has 0 aromatic heterocycles. The van der Waals surface area contributed by atoms with Gasteiger partial charge in [-0.1, -0.05) is 18.2 Å². The number of hydrogen-bond acceptors (Lipinski definition) is 4. The molecule has 1 aromatic rings. The fraction of sp³-hybridized carbons (Fsp3) is 0.550. The van der Waals surface area contributed by atoms with Gasteiger partial charge in [0, 0.05) is 23.8 Å². The molecule has 130 valence electrons. The maximum Gasteiger partial charge on any atom is 0.165 e. The minimum atomic E-state index is -0.191. The van der Waals surface area contributed by atoms with Gasteiger partial charge < -0.3 is 14.4 Å². The van der Waals surface area contributed by atoms with Crippen LogP contribution in [0.1, 0.15) is 36.8 Å². The van der Waals surface area contributed by atoms with Crippen molar-refractivity contribution >= 4 is 11.9 Å². The van der Waals surface area contributed by atoms with E-state index >= 15 is 0 Å². The Kier molecular flexibility index (Phi) is 4.68. The molecule has 0 N–H and O–H groups in total. The first-order valence-electron chi connectivity index (χ1n) is 8.62. The molecule has 3 rings (SSSR count). The zero-order valence-corrected chi connectivity index (χ0v) is 15.1. The van der Waals surface area contributed by atoms with Crippen LogP contribution in [0.25, 0.3) is 6.08 Å². The molecule has 1 fully saturated rings. The molecule has 0 radical (unpaired) electrons. The smallest absolute Gasteiger partial charge is 0.165 e. The quantitative estimate of drug-likeness (QED) is 0.831. The lowest BCUT2D eigenvalue weighted by atomic mass is 9.57. The number of nitrogens with zero attached hydrogens (tertiary/aromatic N) is 1. The van der Waals surface area contributed by atoms with Gasteiger partial charge in [0.2, 0.25) is 0 Å². The van der Waals surface area contributed by atoms with Gasteiger partial charge in [0.05, 0.1) is 14.2 Å². The van der Waals surface area contributed by atoms with Gasteiger partial charge in [-0.25, -0.2) is 0 Å². The number of fused-ring (bicyclic) bond motifs is 3. The average molecular weight is 329 g/mol. The summed E-state index contributed by atoms with van der Waals surface area (Å²) in [6.07, 6.45) is 7.62. The summed E-state index contributed by atoms with van der Waals surface area (Å²) in [4.78, 5) is 14.6. The molecule has 1 saturated carbocycles. The first-order chi connectivity index (χ1) is 11.5. The van der Waals surface area contributed by atoms with E-state index in [2.05, 4.69) is 37.2 Å². The van der Waals surface area contributed by atoms with E-state index in [4.69, 9.17) is 9.47 Å². The van der Waals surface area contributed by atoms with E-state index in [-0.39, 0.29) is 5.41 Å². The van der Waals surface area contributed by atoms with Crippen LogP contribution < -0.4 is 9.47 Å². The highest BCUT2D eigenvalue weighted by molar-refractivity contribution is 5.83. The van der Waals surface area contributed by atoms with Crippen LogP contribution in [0.15, 0.2) is 18.2 Å². The van der Waals surface area contributed by atoms with Gasteiger partial charge in [-0.15, -0.1) is 0 Å². The van der Waals surface area contributed by atoms with E-state index in [1.807, 2.05) is 6.07 Å². The fourth-order valence-corrected chi connectivity index (χ4v) is 4.35. The molecule has 1 aromatic carbocycles. The molecule has 0 bridgehead atoms. The SMILES string of the molecule is COc1ccc2c(c1OC)[C@]1(CCN(C)C)CC(=O)CC[C@H]1C=C2. The standard InChI is InChI=1S/C20H27NO3/c1-21(2)12-11-20-13-16(22)9-8-15(20)7-5-14-6-10-17(23-3)19(24-4)18(14)20/h5-7,10,15H,8-9,11-13H2,1-4H3/t15-,20-/m1/s1. The summed E-state index contributed by atoms with van der Waals surface area (Å²) in [6.45, 7) is 0.942. The summed E-state index contributed by atoms with van der Waals surface area (Å²) in [7, 11) is 7.52. The minimum Gasteiger partial charge on any atom is -0.493 e. The Hall–Kier alpha value is -1.81. The summed E-state index contributed by atoms with van der Waals surface area (Å²) >= 11 is 0. The van der Waals surface area contributed by atoms with E-state index in [9.17, 15) is 4.79 Å². The number of ether oxygens (including phenoxy) is 2. The Morgan fingerprint density at radius 1 is 1.25 bits per heavy atom. The molecular weight excluding hydrogens is 302 g/mol. The van der Waals surface area contributed by atoms with Gasteiger partial charge in [0.25, 0.3) is 0 Å². The van der Waals surface area contributed by atoms with Crippen LogP contribution >= 0.6 is 0 Å². The molecule has 2 aliphatic rings. The number of Topliss-reactive ketones (excluding diaryl/α,β-unsaturated/α-hetero) is 1. The highest BCUT2D eigenvalue weighted by Gasteiger charge is 2.48. The average Bonchev–Trinajstić information content (AvgIpc) is 2.58. The van der Waals surface area contributed by atoms with Gasteiger partial charge in [0.1, 0.15) is 5.78 Å². The van der Waals surface area contributed by atoms with E-state index in [0.29, 0.717) is 24.5 Å². The van der Waals surface area contributed by atoms with Gasteiger partial charge in [0.15, 0.2) is 11.5 Å². The second-order valence-electron chi connectivity index (χ2n) is 7.19. The van der Waals surface area contributed by atoms with Crippen LogP contribution in [0, 0.1) is 5.92 Å². The number of allylic oxidation sites excluding steroid dienone is 1. The Morgan fingerprint density at radius 3 is 2.71 bits per heavy atom. The fourth-order valence-electron chi connectivity index (χ4n) is 4.35. The largest absolute Gasteiger partial charge is 0.493 e. The minimum absolute atomic E-state index is 0.191. The monoisotopic (exact) mass is 329 g/mol. The first-order valence-corrected chi connectivity index (χ1v) is 8.62. The molecule has 4 heteroatoms. The Morgan fingerprint density at radius 2 is 2.04 bits per heavy atom. The van der Waals surface area contributed by atoms with E-state index < -0.39 is 0 Å². The second-order valence-corrected chi connectivity index (χ2v) is 7.19. The highest BCUT2D eigenvalue weighted by atomic mass is 16.5. The number of methoxy groups -OCH3 is 2. The van der Waals surface area contributed by atoms with Gasteiger partial charge in [-0.2, -0.15) is 0 Å². The van der Waals surface area contributed by atoms with E-state index in [1.54, 1.807) is 14.2 Å². The Bertz CT molecular complexity index is 665. The van der Waals surface area contributed by atoms with Crippen molar-refractivity contribution in [2.24, 2.45) is 5.92 Å². The number of carbonyl (C=O) groups excluding carboxylic acids is 1. The Balaban J connectivity index is 2.19. The normalized spacial score (nSPS) is 25.4. The lowest BCUT2D eigenvalue weighted by Gasteiger charge is -2.47. The number of carbonyl (C=O) groups is 1. The lowest BCUT2D eigenvalue weighted by Crippen LogP contribution is -2.44. The zero-order valence-electron chi connectivity index (χ0n) is 15.1. The molecule has 0 unspecified atom stereocenters. The summed E-state index contributed by atoms with van der Waals surface area (Å²) in [5, 5.41) is 0. The lowest BCUT2D eigenvalue weighted by molar-refractivity contribution is -0.123. The maximum absolute atomic E-state index is 12.4. The van der Waals surface area contributed by atoms with Crippen molar-refractivity contribution in [3.05, 3.63) is 29.3 Å². The van der Waals surface area contributed by atoms with Crippen LogP contribution in [-0.4, -0.2) is 45.5 Å². The molecule has 2 atom stereocenters. The molecule has 0 amide bonds. The third-order valence-corrected chi connectivity index (χ3v) is 5.55. The van der Waals surface area contributed by atoms with Gasteiger partial charge >= 0.3 is 0 Å². The zero-order chi connectivity index (χ0) is 17.3. The maximum atomic E-state index is 12.4. The van der Waals surface area contributed by atoms with E-state index in [1.165, 1.54) is 0 Å². The first kappa shape index (κ1) is 17.0. The number of hydrogen-bond donors (Lipinski definition) is 0. The van der Waals surface area contributed by atoms with Crippen LogP contribution in [0.3, 0.4) is 0 Å². The van der Waals surface area contributed by atoms with Crippen LogP contribution in [0.4, 0.5) is 0 Å². The van der Waals surface area contributed by atoms with Crippen LogP contribution in [0.2, 0.25) is 0 Å². The molecule has 24 heavy (non-hydrogen) atoms. The highest BCUT2D eigenvalue weighted by Crippen LogP contribution is 2.54. The summed E-state index contributed by atoms with van der Waals surface area (Å²) in [6, 6.07) is 4.03. The topological polar surface area (TPSA) is 38.8 Å². The molecule has 0 saturated heterocycles. The predicted molar refractivity (Wildman–Crippen MR) is 95.8 cm³/mol. The summed E-state index contributed by atoms with van der Waals surface area (Å²) in [5.74, 6) is 2.27. The molecule has 2 aliphatic carbocycles. The molecule has 0 spiro atoms. The Labute approximate surface area is 144 Å². The van der Waals surface area contributed by atoms with Crippen molar-refractivity contribution in [2.45, 2.75) is 31.1 Å². The van der Waals surface area contributed by atoms with Gasteiger partial charge in [-0.3, -0.25) is 4.79 Å². The summed E-state index contributed by atoms with van der Waals surface area (Å²) in [5.41, 5.74) is 2.12. The molecule has 0 aliphatic heterocycles. The van der Waals surface area contributed by atoms with Crippen molar-refractivity contribution < 1.29 is 14.3 Å². The van der Waals surface area contributed by atoms with Crippen LogP contribution in [0.5, 0.6) is 11.5 Å². The molecule has 0 heterocycles. The van der Waals surface area contributed by atoms with Crippen LogP contribution in [-0.2, 0) is 10.2 Å². The number of ketones is 1. The van der Waals surface area contributed by atoms with Crippen molar-refractivity contribution in [1.82, 2.24) is 4.90 Å². The third-order valence-electron chi connectivity index (χ3n) is 5.55. The van der Waals surface area contributed by atoms with Crippen molar-refractivity contribution in [3.8, 4) is 11.5 Å². The molecular formula is C20H27NO3. The predicted octanol–water partition coefficient (Wildman–Crippen LogP) is 3.29. The second kappa shape index (κ2) is 6.60.